The molecule has 1 aromatic heterocycles. The van der Waals surface area contributed by atoms with Crippen LogP contribution in [0.2, 0.25) is 0 Å². The van der Waals surface area contributed by atoms with Gasteiger partial charge in [0.1, 0.15) is 0 Å². The Morgan fingerprint density at radius 2 is 2.04 bits per heavy atom. The zero-order valence-corrected chi connectivity index (χ0v) is 15.7. The first-order valence-corrected chi connectivity index (χ1v) is 9.49. The zero-order valence-electron chi connectivity index (χ0n) is 15.7. The third kappa shape index (κ3) is 4.13. The van der Waals surface area contributed by atoms with Crippen LogP contribution in [0, 0.1) is 0 Å². The maximum atomic E-state index is 12.9. The van der Waals surface area contributed by atoms with E-state index in [1.54, 1.807) is 6.20 Å². The third-order valence-electron chi connectivity index (χ3n) is 5.01. The number of aromatic nitrogens is 2. The molecule has 1 atom stereocenters. The summed E-state index contributed by atoms with van der Waals surface area (Å²) in [4.78, 5) is 18.8. The Hall–Kier alpha value is -2.96. The van der Waals surface area contributed by atoms with Crippen LogP contribution in [-0.2, 0) is 11.3 Å². The summed E-state index contributed by atoms with van der Waals surface area (Å²) in [5, 5.41) is 0. The minimum Gasteiger partial charge on any atom is -0.373 e. The van der Waals surface area contributed by atoms with Gasteiger partial charge in [-0.1, -0.05) is 36.4 Å². The van der Waals surface area contributed by atoms with Gasteiger partial charge >= 0.3 is 0 Å². The van der Waals surface area contributed by atoms with Crippen molar-refractivity contribution >= 4 is 5.91 Å². The molecule has 1 saturated heterocycles. The summed E-state index contributed by atoms with van der Waals surface area (Å²) in [6.07, 6.45) is 5.46. The molecule has 0 aliphatic carbocycles. The Balaban J connectivity index is 1.49. The van der Waals surface area contributed by atoms with Crippen LogP contribution in [0.1, 0.15) is 15.9 Å². The van der Waals surface area contributed by atoms with Crippen LogP contribution in [0.5, 0.6) is 0 Å². The predicted octanol–water partition coefficient (Wildman–Crippen LogP) is 2.40. The quantitative estimate of drug-likeness (QED) is 0.742. The molecule has 2 aromatic carbocycles. The number of benzene rings is 2. The Kier molecular flexibility index (Phi) is 5.50. The van der Waals surface area contributed by atoms with Crippen molar-refractivity contribution in [2.75, 3.05) is 26.2 Å². The average molecular weight is 376 g/mol. The summed E-state index contributed by atoms with van der Waals surface area (Å²) in [6.45, 7) is 2.89. The fourth-order valence-electron chi connectivity index (χ4n) is 3.45. The number of ether oxygens (including phenoxy) is 1. The molecule has 144 valence electrons. The first kappa shape index (κ1) is 18.4. The number of imidazole rings is 1. The number of carbonyl (C=O) groups excluding carboxylic acids is 1. The molecular formula is C22H24N4O2. The third-order valence-corrected chi connectivity index (χ3v) is 5.01. The van der Waals surface area contributed by atoms with Crippen molar-refractivity contribution in [1.29, 1.82) is 0 Å². The van der Waals surface area contributed by atoms with Gasteiger partial charge in [0.25, 0.3) is 5.91 Å². The molecule has 0 saturated carbocycles. The topological polar surface area (TPSA) is 73.4 Å². The Bertz CT molecular complexity index is 922. The molecule has 28 heavy (non-hydrogen) atoms. The van der Waals surface area contributed by atoms with Crippen LogP contribution in [-0.4, -0.2) is 52.7 Å². The Morgan fingerprint density at radius 1 is 1.18 bits per heavy atom. The van der Waals surface area contributed by atoms with Crippen molar-refractivity contribution in [3.05, 3.63) is 78.4 Å². The van der Waals surface area contributed by atoms with Gasteiger partial charge in [0.2, 0.25) is 0 Å². The van der Waals surface area contributed by atoms with Crippen molar-refractivity contribution in [1.82, 2.24) is 14.5 Å². The second kappa shape index (κ2) is 8.37. The lowest BCUT2D eigenvalue weighted by Crippen LogP contribution is -2.48. The number of hydrogen-bond acceptors (Lipinski definition) is 4. The lowest BCUT2D eigenvalue weighted by molar-refractivity contribution is -0.0167. The van der Waals surface area contributed by atoms with Gasteiger partial charge < -0.3 is 19.9 Å². The predicted molar refractivity (Wildman–Crippen MR) is 108 cm³/mol. The van der Waals surface area contributed by atoms with E-state index in [1.165, 1.54) is 5.56 Å². The van der Waals surface area contributed by atoms with E-state index in [4.69, 9.17) is 10.5 Å². The van der Waals surface area contributed by atoms with Crippen molar-refractivity contribution in [3.8, 4) is 11.1 Å². The highest BCUT2D eigenvalue weighted by Crippen LogP contribution is 2.22. The molecule has 6 nitrogen and oxygen atoms in total. The van der Waals surface area contributed by atoms with E-state index in [-0.39, 0.29) is 12.0 Å². The summed E-state index contributed by atoms with van der Waals surface area (Å²) < 4.78 is 7.59. The average Bonchev–Trinajstić information content (AvgIpc) is 3.27. The van der Waals surface area contributed by atoms with Crippen LogP contribution >= 0.6 is 0 Å². The minimum absolute atomic E-state index is 0.0281. The molecule has 3 aromatic rings. The number of rotatable bonds is 5. The summed E-state index contributed by atoms with van der Waals surface area (Å²) >= 11 is 0. The molecular weight excluding hydrogens is 352 g/mol. The molecule has 2 N–H and O–H groups in total. The number of amides is 1. The van der Waals surface area contributed by atoms with Crippen LogP contribution in [0.3, 0.4) is 0 Å². The van der Waals surface area contributed by atoms with Gasteiger partial charge in [-0.2, -0.15) is 0 Å². The van der Waals surface area contributed by atoms with Crippen molar-refractivity contribution in [2.24, 2.45) is 5.73 Å². The van der Waals surface area contributed by atoms with Crippen molar-refractivity contribution in [3.63, 3.8) is 0 Å². The van der Waals surface area contributed by atoms with E-state index < -0.39 is 0 Å². The molecule has 1 aliphatic rings. The number of carbonyl (C=O) groups is 1. The van der Waals surface area contributed by atoms with E-state index in [2.05, 4.69) is 29.2 Å². The lowest BCUT2D eigenvalue weighted by atomic mass is 10.0. The number of nitrogens with two attached hydrogens (primary N) is 1. The van der Waals surface area contributed by atoms with Gasteiger partial charge in [0, 0.05) is 44.1 Å². The van der Waals surface area contributed by atoms with Gasteiger partial charge in [-0.25, -0.2) is 4.98 Å². The van der Waals surface area contributed by atoms with E-state index in [1.807, 2.05) is 46.3 Å². The SMILES string of the molecule is NC[C@@H]1CN(C(=O)c2cccc(-c3ccc(Cn4ccnc4)cc3)c2)CCO1. The molecule has 2 heterocycles. The first-order valence-electron chi connectivity index (χ1n) is 9.49. The van der Waals surface area contributed by atoms with Gasteiger partial charge in [0.15, 0.2) is 0 Å². The van der Waals surface area contributed by atoms with Crippen LogP contribution in [0.25, 0.3) is 11.1 Å². The maximum Gasteiger partial charge on any atom is 0.254 e. The van der Waals surface area contributed by atoms with E-state index >= 15 is 0 Å². The normalized spacial score (nSPS) is 16.9. The summed E-state index contributed by atoms with van der Waals surface area (Å²) in [6, 6.07) is 16.2. The molecule has 1 aliphatic heterocycles. The highest BCUT2D eigenvalue weighted by atomic mass is 16.5. The zero-order chi connectivity index (χ0) is 19.3. The van der Waals surface area contributed by atoms with Crippen LogP contribution < -0.4 is 5.73 Å². The van der Waals surface area contributed by atoms with Gasteiger partial charge in [-0.3, -0.25) is 4.79 Å². The molecule has 0 radical (unpaired) electrons. The number of nitrogens with zero attached hydrogens (tertiary/aromatic N) is 3. The van der Waals surface area contributed by atoms with Gasteiger partial charge in [-0.15, -0.1) is 0 Å². The molecule has 1 amide bonds. The fourth-order valence-corrected chi connectivity index (χ4v) is 3.45. The Morgan fingerprint density at radius 3 is 2.79 bits per heavy atom. The molecule has 0 spiro atoms. The summed E-state index contributed by atoms with van der Waals surface area (Å²) in [5.41, 5.74) is 9.71. The van der Waals surface area contributed by atoms with E-state index in [9.17, 15) is 4.79 Å². The van der Waals surface area contributed by atoms with E-state index in [0.29, 0.717) is 31.8 Å². The molecule has 0 unspecified atom stereocenters. The van der Waals surface area contributed by atoms with Crippen LogP contribution in [0.4, 0.5) is 0 Å². The molecule has 6 heteroatoms. The summed E-state index contributed by atoms with van der Waals surface area (Å²) in [7, 11) is 0. The molecule has 1 fully saturated rings. The maximum absolute atomic E-state index is 12.9. The second-order valence-electron chi connectivity index (χ2n) is 6.99. The molecule has 0 bridgehead atoms. The van der Waals surface area contributed by atoms with Gasteiger partial charge in [0.05, 0.1) is 19.0 Å². The monoisotopic (exact) mass is 376 g/mol. The highest BCUT2D eigenvalue weighted by molar-refractivity contribution is 5.95. The molecule has 4 rings (SSSR count). The van der Waals surface area contributed by atoms with Crippen molar-refractivity contribution < 1.29 is 9.53 Å². The second-order valence-corrected chi connectivity index (χ2v) is 6.99. The first-order chi connectivity index (χ1) is 13.7. The van der Waals surface area contributed by atoms with Crippen LogP contribution in [0.15, 0.2) is 67.3 Å². The summed E-state index contributed by atoms with van der Waals surface area (Å²) in [5.74, 6) is 0.0281. The standard InChI is InChI=1S/C22H24N4O2/c23-13-21-15-26(10-11-28-21)22(27)20-3-1-2-19(12-20)18-6-4-17(5-7-18)14-25-9-8-24-16-25/h1-9,12,16,21H,10-11,13-15,23H2/t21-/m1/s1. The largest absolute Gasteiger partial charge is 0.373 e. The van der Waals surface area contributed by atoms with E-state index in [0.717, 1.165) is 17.7 Å². The number of hydrogen-bond donors (Lipinski definition) is 1. The fraction of sp³-hybridized carbons (Fsp3) is 0.273. The minimum atomic E-state index is -0.0797. The lowest BCUT2D eigenvalue weighted by Gasteiger charge is -2.32. The highest BCUT2D eigenvalue weighted by Gasteiger charge is 2.24. The smallest absolute Gasteiger partial charge is 0.254 e. The number of morpholine rings is 1. The van der Waals surface area contributed by atoms with Gasteiger partial charge in [-0.05, 0) is 28.8 Å². The van der Waals surface area contributed by atoms with Crippen molar-refractivity contribution in [2.45, 2.75) is 12.6 Å². The Labute approximate surface area is 164 Å².